The van der Waals surface area contributed by atoms with Crippen LogP contribution in [0, 0.1) is 11.3 Å². The summed E-state index contributed by atoms with van der Waals surface area (Å²) in [4.78, 5) is 11.3. The van der Waals surface area contributed by atoms with Gasteiger partial charge in [-0.05, 0) is 12.1 Å². The van der Waals surface area contributed by atoms with Crippen molar-refractivity contribution >= 4 is 5.91 Å². The molecule has 0 aromatic heterocycles. The SMILES string of the molecule is CNC(=O)COc1ccccc1-c1ccccc1C#N. The Balaban J connectivity index is 2.37. The molecule has 1 N–H and O–H groups in total. The molecule has 0 aliphatic carbocycles. The Morgan fingerprint density at radius 1 is 1.15 bits per heavy atom. The van der Waals surface area contributed by atoms with E-state index in [0.717, 1.165) is 11.1 Å². The van der Waals surface area contributed by atoms with Crippen LogP contribution in [0.4, 0.5) is 0 Å². The summed E-state index contributed by atoms with van der Waals surface area (Å²) in [7, 11) is 1.56. The number of carbonyl (C=O) groups excluding carboxylic acids is 1. The molecule has 0 saturated heterocycles. The van der Waals surface area contributed by atoms with Crippen LogP contribution in [0.2, 0.25) is 0 Å². The first kappa shape index (κ1) is 13.6. The van der Waals surface area contributed by atoms with E-state index in [1.165, 1.54) is 0 Å². The summed E-state index contributed by atoms with van der Waals surface area (Å²) in [6, 6.07) is 16.8. The van der Waals surface area contributed by atoms with E-state index < -0.39 is 0 Å². The standard InChI is InChI=1S/C16H14N2O2/c1-18-16(19)11-20-15-9-5-4-8-14(15)13-7-3-2-6-12(13)10-17/h2-9H,11H2,1H3,(H,18,19). The van der Waals surface area contributed by atoms with Gasteiger partial charge in [-0.15, -0.1) is 0 Å². The average molecular weight is 266 g/mol. The predicted octanol–water partition coefficient (Wildman–Crippen LogP) is 2.35. The van der Waals surface area contributed by atoms with Gasteiger partial charge in [0.2, 0.25) is 0 Å². The molecule has 0 unspecified atom stereocenters. The lowest BCUT2D eigenvalue weighted by Gasteiger charge is -2.11. The van der Waals surface area contributed by atoms with Gasteiger partial charge in [0.1, 0.15) is 5.75 Å². The lowest BCUT2D eigenvalue weighted by molar-refractivity contribution is -0.122. The number of carbonyl (C=O) groups is 1. The molecule has 0 spiro atoms. The summed E-state index contributed by atoms with van der Waals surface area (Å²) < 4.78 is 5.52. The number of para-hydroxylation sites is 1. The molecule has 0 atom stereocenters. The smallest absolute Gasteiger partial charge is 0.257 e. The molecule has 0 fully saturated rings. The van der Waals surface area contributed by atoms with E-state index in [2.05, 4.69) is 11.4 Å². The van der Waals surface area contributed by atoms with Crippen LogP contribution >= 0.6 is 0 Å². The summed E-state index contributed by atoms with van der Waals surface area (Å²) in [6.07, 6.45) is 0. The molecule has 0 bridgehead atoms. The minimum Gasteiger partial charge on any atom is -0.483 e. The minimum absolute atomic E-state index is 0.0533. The van der Waals surface area contributed by atoms with Crippen molar-refractivity contribution in [1.82, 2.24) is 5.32 Å². The fourth-order valence-corrected chi connectivity index (χ4v) is 1.85. The molecule has 2 aromatic carbocycles. The van der Waals surface area contributed by atoms with Crippen LogP contribution in [0.25, 0.3) is 11.1 Å². The highest BCUT2D eigenvalue weighted by Gasteiger charge is 2.10. The molecule has 100 valence electrons. The van der Waals surface area contributed by atoms with E-state index in [9.17, 15) is 10.1 Å². The number of rotatable bonds is 4. The number of nitriles is 1. The summed E-state index contributed by atoms with van der Waals surface area (Å²) in [6.45, 7) is -0.0533. The summed E-state index contributed by atoms with van der Waals surface area (Å²) in [5.74, 6) is 0.382. The molecule has 0 heterocycles. The molecular weight excluding hydrogens is 252 g/mol. The number of nitrogens with zero attached hydrogens (tertiary/aromatic N) is 1. The number of ether oxygens (including phenoxy) is 1. The van der Waals surface area contributed by atoms with Gasteiger partial charge in [0, 0.05) is 18.2 Å². The van der Waals surface area contributed by atoms with E-state index in [1.807, 2.05) is 36.4 Å². The van der Waals surface area contributed by atoms with Gasteiger partial charge in [0.25, 0.3) is 5.91 Å². The Morgan fingerprint density at radius 3 is 2.50 bits per heavy atom. The van der Waals surface area contributed by atoms with Crippen molar-refractivity contribution in [3.8, 4) is 22.9 Å². The summed E-state index contributed by atoms with van der Waals surface area (Å²) >= 11 is 0. The van der Waals surface area contributed by atoms with Gasteiger partial charge in [-0.2, -0.15) is 5.26 Å². The molecule has 1 amide bonds. The Labute approximate surface area is 117 Å². The fraction of sp³-hybridized carbons (Fsp3) is 0.125. The minimum atomic E-state index is -0.201. The van der Waals surface area contributed by atoms with Crippen molar-refractivity contribution in [3.05, 3.63) is 54.1 Å². The van der Waals surface area contributed by atoms with Crippen LogP contribution in [-0.4, -0.2) is 19.6 Å². The van der Waals surface area contributed by atoms with Crippen molar-refractivity contribution in [2.45, 2.75) is 0 Å². The zero-order valence-electron chi connectivity index (χ0n) is 11.1. The van der Waals surface area contributed by atoms with Gasteiger partial charge in [-0.1, -0.05) is 36.4 Å². The summed E-state index contributed by atoms with van der Waals surface area (Å²) in [5, 5.41) is 11.7. The van der Waals surface area contributed by atoms with E-state index in [0.29, 0.717) is 11.3 Å². The Kier molecular flexibility index (Phi) is 4.35. The third-order valence-electron chi connectivity index (χ3n) is 2.86. The van der Waals surface area contributed by atoms with E-state index in [-0.39, 0.29) is 12.5 Å². The van der Waals surface area contributed by atoms with Crippen LogP contribution in [0.5, 0.6) is 5.75 Å². The highest BCUT2D eigenvalue weighted by molar-refractivity contribution is 5.79. The van der Waals surface area contributed by atoms with E-state index in [4.69, 9.17) is 4.74 Å². The van der Waals surface area contributed by atoms with Crippen molar-refractivity contribution in [1.29, 1.82) is 5.26 Å². The molecule has 0 radical (unpaired) electrons. The maximum Gasteiger partial charge on any atom is 0.257 e. The quantitative estimate of drug-likeness (QED) is 0.924. The van der Waals surface area contributed by atoms with Gasteiger partial charge in [-0.25, -0.2) is 0 Å². The predicted molar refractivity (Wildman–Crippen MR) is 76.2 cm³/mol. The molecular formula is C16H14N2O2. The average Bonchev–Trinajstić information content (AvgIpc) is 2.52. The van der Waals surface area contributed by atoms with Crippen LogP contribution < -0.4 is 10.1 Å². The molecule has 4 heteroatoms. The van der Waals surface area contributed by atoms with Gasteiger partial charge in [-0.3, -0.25) is 4.79 Å². The topological polar surface area (TPSA) is 62.1 Å². The first-order valence-corrected chi connectivity index (χ1v) is 6.18. The molecule has 2 aromatic rings. The lowest BCUT2D eigenvalue weighted by atomic mass is 10.00. The third-order valence-corrected chi connectivity index (χ3v) is 2.86. The molecule has 0 aliphatic rings. The largest absolute Gasteiger partial charge is 0.483 e. The number of benzene rings is 2. The van der Waals surface area contributed by atoms with Crippen molar-refractivity contribution in [3.63, 3.8) is 0 Å². The van der Waals surface area contributed by atoms with E-state index >= 15 is 0 Å². The van der Waals surface area contributed by atoms with E-state index in [1.54, 1.807) is 19.2 Å². The molecule has 0 saturated carbocycles. The monoisotopic (exact) mass is 266 g/mol. The number of nitrogens with one attached hydrogen (secondary N) is 1. The number of hydrogen-bond donors (Lipinski definition) is 1. The van der Waals surface area contributed by atoms with Crippen molar-refractivity contribution in [2.24, 2.45) is 0 Å². The van der Waals surface area contributed by atoms with Gasteiger partial charge in [0.15, 0.2) is 6.61 Å². The lowest BCUT2D eigenvalue weighted by Crippen LogP contribution is -2.24. The second-order valence-electron chi connectivity index (χ2n) is 4.12. The summed E-state index contributed by atoms with van der Waals surface area (Å²) in [5.41, 5.74) is 2.17. The van der Waals surface area contributed by atoms with Crippen LogP contribution in [0.1, 0.15) is 5.56 Å². The van der Waals surface area contributed by atoms with Crippen molar-refractivity contribution in [2.75, 3.05) is 13.7 Å². The first-order chi connectivity index (χ1) is 9.76. The van der Waals surface area contributed by atoms with Crippen molar-refractivity contribution < 1.29 is 9.53 Å². The normalized spacial score (nSPS) is 9.60. The number of amides is 1. The maximum atomic E-state index is 11.3. The van der Waals surface area contributed by atoms with Gasteiger partial charge in [0.05, 0.1) is 11.6 Å². The zero-order valence-corrected chi connectivity index (χ0v) is 11.1. The number of likely N-dealkylation sites (N-methyl/N-ethyl adjacent to an activating group) is 1. The highest BCUT2D eigenvalue weighted by atomic mass is 16.5. The molecule has 2 rings (SSSR count). The first-order valence-electron chi connectivity index (χ1n) is 6.18. The Morgan fingerprint density at radius 2 is 1.80 bits per heavy atom. The zero-order chi connectivity index (χ0) is 14.4. The Hall–Kier alpha value is -2.80. The third kappa shape index (κ3) is 2.96. The fourth-order valence-electron chi connectivity index (χ4n) is 1.85. The van der Waals surface area contributed by atoms with Crippen LogP contribution in [0.15, 0.2) is 48.5 Å². The van der Waals surface area contributed by atoms with Gasteiger partial charge < -0.3 is 10.1 Å². The number of hydrogen-bond acceptors (Lipinski definition) is 3. The molecule has 4 nitrogen and oxygen atoms in total. The molecule has 20 heavy (non-hydrogen) atoms. The van der Waals surface area contributed by atoms with Crippen LogP contribution in [-0.2, 0) is 4.79 Å². The Bertz CT molecular complexity index is 660. The second-order valence-corrected chi connectivity index (χ2v) is 4.12. The molecule has 0 aliphatic heterocycles. The highest BCUT2D eigenvalue weighted by Crippen LogP contribution is 2.31. The second kappa shape index (κ2) is 6.39. The maximum absolute atomic E-state index is 11.3. The van der Waals surface area contributed by atoms with Gasteiger partial charge >= 0.3 is 0 Å². The van der Waals surface area contributed by atoms with Crippen LogP contribution in [0.3, 0.4) is 0 Å².